The predicted molar refractivity (Wildman–Crippen MR) is 112 cm³/mol. The molecule has 1 aromatic heterocycles. The normalized spacial score (nSPS) is 21.9. The van der Waals surface area contributed by atoms with Crippen molar-refractivity contribution in [1.82, 2.24) is 14.8 Å². The predicted octanol–water partition coefficient (Wildman–Crippen LogP) is 2.14. The van der Waals surface area contributed by atoms with Crippen LogP contribution in [0.2, 0.25) is 0 Å². The van der Waals surface area contributed by atoms with Gasteiger partial charge in [0.1, 0.15) is 5.76 Å². The third kappa shape index (κ3) is 3.99. The number of nitrogens with zero attached hydrogens (tertiary/aromatic N) is 3. The van der Waals surface area contributed by atoms with Crippen molar-refractivity contribution in [1.29, 1.82) is 0 Å². The Balaban J connectivity index is 1.71. The third-order valence-corrected chi connectivity index (χ3v) is 5.65. The number of pyridine rings is 1. The van der Waals surface area contributed by atoms with Gasteiger partial charge < -0.3 is 14.7 Å². The number of aromatic nitrogens is 1. The van der Waals surface area contributed by atoms with Gasteiger partial charge in [0.05, 0.1) is 24.8 Å². The summed E-state index contributed by atoms with van der Waals surface area (Å²) in [4.78, 5) is 33.7. The van der Waals surface area contributed by atoms with E-state index in [1.54, 1.807) is 41.6 Å². The highest BCUT2D eigenvalue weighted by atomic mass is 16.5. The maximum Gasteiger partial charge on any atom is 0.295 e. The van der Waals surface area contributed by atoms with E-state index in [9.17, 15) is 14.7 Å². The van der Waals surface area contributed by atoms with E-state index < -0.39 is 17.7 Å². The molecule has 2 saturated heterocycles. The highest BCUT2D eigenvalue weighted by Gasteiger charge is 2.46. The van der Waals surface area contributed by atoms with Crippen molar-refractivity contribution in [3.63, 3.8) is 0 Å². The highest BCUT2D eigenvalue weighted by Crippen LogP contribution is 2.39. The van der Waals surface area contributed by atoms with Gasteiger partial charge in [-0.15, -0.1) is 0 Å². The fraction of sp³-hybridized carbons (Fsp3) is 0.348. The molecule has 156 valence electrons. The summed E-state index contributed by atoms with van der Waals surface area (Å²) in [7, 11) is 0. The minimum absolute atomic E-state index is 0.122. The average molecular weight is 407 g/mol. The Morgan fingerprint density at radius 2 is 1.73 bits per heavy atom. The molecule has 2 fully saturated rings. The molecule has 4 rings (SSSR count). The number of likely N-dealkylation sites (tertiary alicyclic amines) is 1. The van der Waals surface area contributed by atoms with Crippen molar-refractivity contribution in [2.45, 2.75) is 13.0 Å². The molecule has 0 unspecified atom stereocenters. The summed E-state index contributed by atoms with van der Waals surface area (Å²) in [6.45, 7) is 5.91. The number of carbonyl (C=O) groups excluding carboxylic acids is 2. The van der Waals surface area contributed by atoms with Gasteiger partial charge in [-0.1, -0.05) is 29.8 Å². The Kier molecular flexibility index (Phi) is 5.92. The van der Waals surface area contributed by atoms with E-state index in [-0.39, 0.29) is 11.3 Å². The van der Waals surface area contributed by atoms with Crippen molar-refractivity contribution in [2.75, 3.05) is 39.4 Å². The molecule has 2 aliphatic rings. The minimum atomic E-state index is -0.656. The number of amides is 1. The molecule has 2 aromatic rings. The third-order valence-electron chi connectivity index (χ3n) is 5.65. The molecule has 0 saturated carbocycles. The first-order valence-corrected chi connectivity index (χ1v) is 10.1. The Morgan fingerprint density at radius 1 is 1.07 bits per heavy atom. The summed E-state index contributed by atoms with van der Waals surface area (Å²) in [6, 6.07) is 10.2. The minimum Gasteiger partial charge on any atom is -0.507 e. The largest absolute Gasteiger partial charge is 0.507 e. The lowest BCUT2D eigenvalue weighted by Gasteiger charge is -2.30. The van der Waals surface area contributed by atoms with Gasteiger partial charge >= 0.3 is 0 Å². The number of rotatable bonds is 5. The molecule has 7 nitrogen and oxygen atoms in total. The molecule has 2 aliphatic heterocycles. The van der Waals surface area contributed by atoms with Crippen LogP contribution in [0, 0.1) is 6.92 Å². The number of ketones is 1. The molecular formula is C23H25N3O4. The van der Waals surface area contributed by atoms with Crippen LogP contribution in [0.25, 0.3) is 5.76 Å². The van der Waals surface area contributed by atoms with E-state index >= 15 is 0 Å². The second-order valence-electron chi connectivity index (χ2n) is 7.59. The first-order valence-electron chi connectivity index (χ1n) is 10.1. The number of benzene rings is 1. The zero-order valence-electron chi connectivity index (χ0n) is 17.0. The van der Waals surface area contributed by atoms with E-state index in [2.05, 4.69) is 9.88 Å². The SMILES string of the molecule is Cc1ccc(/C(O)=C2\C(=O)C(=O)N(CCN3CCOCC3)[C@H]2c2ccncc2)cc1. The number of aliphatic hydroxyl groups is 1. The number of aliphatic hydroxyl groups excluding tert-OH is 1. The van der Waals surface area contributed by atoms with Gasteiger partial charge in [-0.2, -0.15) is 0 Å². The molecule has 7 heteroatoms. The van der Waals surface area contributed by atoms with Crippen LogP contribution < -0.4 is 0 Å². The number of hydrogen-bond acceptors (Lipinski definition) is 6. The van der Waals surface area contributed by atoms with Gasteiger partial charge in [-0.05, 0) is 24.6 Å². The van der Waals surface area contributed by atoms with E-state index in [0.717, 1.165) is 24.2 Å². The maximum atomic E-state index is 13.0. The first kappa shape index (κ1) is 20.3. The van der Waals surface area contributed by atoms with Gasteiger partial charge in [-0.3, -0.25) is 19.5 Å². The van der Waals surface area contributed by atoms with Gasteiger partial charge in [0.25, 0.3) is 11.7 Å². The lowest BCUT2D eigenvalue weighted by molar-refractivity contribution is -0.140. The summed E-state index contributed by atoms with van der Waals surface area (Å²) < 4.78 is 5.38. The van der Waals surface area contributed by atoms with Crippen LogP contribution in [-0.4, -0.2) is 71.0 Å². The van der Waals surface area contributed by atoms with E-state index in [1.165, 1.54) is 0 Å². The number of aryl methyl sites for hydroxylation is 1. The molecule has 0 spiro atoms. The van der Waals surface area contributed by atoms with Gasteiger partial charge in [0.2, 0.25) is 0 Å². The summed E-state index contributed by atoms with van der Waals surface area (Å²) in [5.41, 5.74) is 2.44. The molecule has 0 radical (unpaired) electrons. The number of Topliss-reactive ketones (excluding diaryl/α,β-unsaturated/α-hetero) is 1. The Hall–Kier alpha value is -3.03. The second kappa shape index (κ2) is 8.77. The molecule has 0 bridgehead atoms. The molecule has 30 heavy (non-hydrogen) atoms. The van der Waals surface area contributed by atoms with Gasteiger partial charge in [0.15, 0.2) is 0 Å². The van der Waals surface area contributed by atoms with Crippen LogP contribution in [0.15, 0.2) is 54.4 Å². The Bertz CT molecular complexity index is 950. The lowest BCUT2D eigenvalue weighted by Crippen LogP contribution is -2.42. The number of morpholine rings is 1. The summed E-state index contributed by atoms with van der Waals surface area (Å²) in [5, 5.41) is 11.0. The van der Waals surface area contributed by atoms with Gasteiger partial charge in [-0.25, -0.2) is 0 Å². The lowest BCUT2D eigenvalue weighted by atomic mass is 9.95. The van der Waals surface area contributed by atoms with Crippen LogP contribution in [0.1, 0.15) is 22.7 Å². The zero-order chi connectivity index (χ0) is 21.1. The van der Waals surface area contributed by atoms with Crippen molar-refractivity contribution >= 4 is 17.4 Å². The van der Waals surface area contributed by atoms with Crippen molar-refractivity contribution in [3.8, 4) is 0 Å². The van der Waals surface area contributed by atoms with Crippen LogP contribution >= 0.6 is 0 Å². The fourth-order valence-corrected chi connectivity index (χ4v) is 3.94. The highest BCUT2D eigenvalue weighted by molar-refractivity contribution is 6.46. The number of ether oxygens (including phenoxy) is 1. The number of carbonyl (C=O) groups is 2. The topological polar surface area (TPSA) is 83.0 Å². The second-order valence-corrected chi connectivity index (χ2v) is 7.59. The molecule has 1 aromatic carbocycles. The average Bonchev–Trinajstić information content (AvgIpc) is 3.04. The fourth-order valence-electron chi connectivity index (χ4n) is 3.94. The zero-order valence-corrected chi connectivity index (χ0v) is 17.0. The van der Waals surface area contributed by atoms with Crippen molar-refractivity contribution < 1.29 is 19.4 Å². The molecule has 1 amide bonds. The van der Waals surface area contributed by atoms with E-state index in [1.807, 2.05) is 19.1 Å². The van der Waals surface area contributed by atoms with Gasteiger partial charge in [0, 0.05) is 44.1 Å². The molecular weight excluding hydrogens is 382 g/mol. The molecule has 1 atom stereocenters. The first-order chi connectivity index (χ1) is 14.6. The van der Waals surface area contributed by atoms with Crippen molar-refractivity contribution in [2.24, 2.45) is 0 Å². The Labute approximate surface area is 175 Å². The maximum absolute atomic E-state index is 13.0. The van der Waals surface area contributed by atoms with Crippen molar-refractivity contribution in [3.05, 3.63) is 71.1 Å². The molecule has 0 aliphatic carbocycles. The van der Waals surface area contributed by atoms with Crippen LogP contribution in [0.5, 0.6) is 0 Å². The van der Waals surface area contributed by atoms with E-state index in [0.29, 0.717) is 31.9 Å². The summed E-state index contributed by atoms with van der Waals surface area (Å²) in [6.07, 6.45) is 3.26. The quantitative estimate of drug-likeness (QED) is 0.465. The monoisotopic (exact) mass is 407 g/mol. The van der Waals surface area contributed by atoms with Crippen LogP contribution in [0.3, 0.4) is 0 Å². The Morgan fingerprint density at radius 3 is 2.40 bits per heavy atom. The summed E-state index contributed by atoms with van der Waals surface area (Å²) in [5.74, 6) is -1.39. The molecule has 1 N–H and O–H groups in total. The standard InChI is InChI=1S/C23H25N3O4/c1-16-2-4-18(5-3-16)21(27)19-20(17-6-8-24-9-7-17)26(23(29)22(19)28)11-10-25-12-14-30-15-13-25/h2-9,20,27H,10-15H2,1H3/b21-19+/t20-/m0/s1. The summed E-state index contributed by atoms with van der Waals surface area (Å²) >= 11 is 0. The smallest absolute Gasteiger partial charge is 0.295 e. The van der Waals surface area contributed by atoms with E-state index in [4.69, 9.17) is 4.74 Å². The van der Waals surface area contributed by atoms with Crippen LogP contribution in [0.4, 0.5) is 0 Å². The van der Waals surface area contributed by atoms with Crippen LogP contribution in [-0.2, 0) is 14.3 Å². The molecule has 3 heterocycles. The number of hydrogen-bond donors (Lipinski definition) is 1.